The summed E-state index contributed by atoms with van der Waals surface area (Å²) in [6.07, 6.45) is 1.09. The minimum Gasteiger partial charge on any atom is -0.491 e. The molecular weight excluding hydrogens is 379 g/mol. The summed E-state index contributed by atoms with van der Waals surface area (Å²) in [6, 6.07) is 12.0. The van der Waals surface area contributed by atoms with Crippen LogP contribution in [0.3, 0.4) is 0 Å². The number of nitrogens with one attached hydrogen (secondary N) is 2. The molecule has 0 heterocycles. The van der Waals surface area contributed by atoms with Gasteiger partial charge in [-0.1, -0.05) is 30.1 Å². The number of rotatable bonds is 5. The molecule has 0 saturated carbocycles. The number of hydrogen-bond donors (Lipinski definition) is 2. The van der Waals surface area contributed by atoms with E-state index in [0.29, 0.717) is 10.6 Å². The van der Waals surface area contributed by atoms with Crippen LogP contribution in [0.15, 0.2) is 42.5 Å². The Morgan fingerprint density at radius 2 is 1.88 bits per heavy atom. The van der Waals surface area contributed by atoms with Crippen LogP contribution in [-0.2, 0) is 0 Å². The average molecular weight is 397 g/mol. The predicted molar refractivity (Wildman–Crippen MR) is 107 cm³/mol. The molecule has 1 unspecified atom stereocenters. The molecule has 0 aromatic heterocycles. The van der Waals surface area contributed by atoms with Crippen molar-refractivity contribution in [3.63, 3.8) is 0 Å². The first-order chi connectivity index (χ1) is 11.9. The Hall–Kier alpha value is -1.82. The normalized spacial score (nSPS) is 11.5. The van der Waals surface area contributed by atoms with Crippen LogP contribution >= 0.6 is 35.4 Å². The smallest absolute Gasteiger partial charge is 0.258 e. The van der Waals surface area contributed by atoms with E-state index in [2.05, 4.69) is 17.6 Å². The summed E-state index contributed by atoms with van der Waals surface area (Å²) >= 11 is 17.0. The molecule has 2 aromatic carbocycles. The van der Waals surface area contributed by atoms with E-state index < -0.39 is 5.91 Å². The lowest BCUT2D eigenvalue weighted by Crippen LogP contribution is -2.34. The summed E-state index contributed by atoms with van der Waals surface area (Å²) in [5.41, 5.74) is 1.04. The van der Waals surface area contributed by atoms with Crippen LogP contribution in [-0.4, -0.2) is 17.1 Å². The second-order valence-corrected chi connectivity index (χ2v) is 6.65. The third kappa shape index (κ3) is 5.88. The van der Waals surface area contributed by atoms with Gasteiger partial charge < -0.3 is 10.1 Å². The number of anilines is 1. The maximum atomic E-state index is 12.2. The summed E-state index contributed by atoms with van der Waals surface area (Å²) < 4.78 is 5.71. The molecule has 4 nitrogen and oxygen atoms in total. The van der Waals surface area contributed by atoms with Crippen molar-refractivity contribution in [1.29, 1.82) is 0 Å². The summed E-state index contributed by atoms with van der Waals surface area (Å²) in [6.45, 7) is 4.08. The monoisotopic (exact) mass is 396 g/mol. The molecule has 1 atom stereocenters. The molecule has 0 bridgehead atoms. The third-order valence-electron chi connectivity index (χ3n) is 3.43. The first kappa shape index (κ1) is 19.5. The van der Waals surface area contributed by atoms with Gasteiger partial charge in [0.05, 0.1) is 16.7 Å². The van der Waals surface area contributed by atoms with Crippen LogP contribution in [0, 0.1) is 0 Å². The Morgan fingerprint density at radius 3 is 2.48 bits per heavy atom. The van der Waals surface area contributed by atoms with E-state index in [1.165, 1.54) is 6.07 Å². The number of hydrogen-bond acceptors (Lipinski definition) is 3. The van der Waals surface area contributed by atoms with E-state index in [0.717, 1.165) is 17.9 Å². The van der Waals surface area contributed by atoms with Gasteiger partial charge in [-0.3, -0.25) is 10.1 Å². The summed E-state index contributed by atoms with van der Waals surface area (Å²) in [4.78, 5) is 12.2. The van der Waals surface area contributed by atoms with E-state index in [4.69, 9.17) is 40.2 Å². The van der Waals surface area contributed by atoms with Gasteiger partial charge in [-0.15, -0.1) is 0 Å². The second kappa shape index (κ2) is 9.04. The van der Waals surface area contributed by atoms with Crippen molar-refractivity contribution < 1.29 is 9.53 Å². The third-order valence-corrected chi connectivity index (χ3v) is 4.18. The zero-order valence-electron chi connectivity index (χ0n) is 13.8. The van der Waals surface area contributed by atoms with Crippen molar-refractivity contribution >= 4 is 52.1 Å². The van der Waals surface area contributed by atoms with Crippen molar-refractivity contribution in [2.75, 3.05) is 5.32 Å². The van der Waals surface area contributed by atoms with Gasteiger partial charge in [-0.2, -0.15) is 0 Å². The standard InChI is InChI=1S/C18H18Cl2N2O2S/c1-3-11(2)24-14-7-5-13(6-8-14)21-18(25)22-17(23)15-9-4-12(19)10-16(15)20/h4-11H,3H2,1-2H3,(H2,21,22,23,25). The fraction of sp³-hybridized carbons (Fsp3) is 0.222. The Labute approximate surface area is 162 Å². The Kier molecular flexibility index (Phi) is 7.05. The van der Waals surface area contributed by atoms with Crippen LogP contribution in [0.1, 0.15) is 30.6 Å². The highest BCUT2D eigenvalue weighted by atomic mass is 35.5. The Morgan fingerprint density at radius 1 is 1.20 bits per heavy atom. The number of thiocarbonyl (C=S) groups is 1. The van der Waals surface area contributed by atoms with E-state index in [9.17, 15) is 4.79 Å². The van der Waals surface area contributed by atoms with E-state index in [1.54, 1.807) is 12.1 Å². The summed E-state index contributed by atoms with van der Waals surface area (Å²) in [5, 5.41) is 6.42. The molecule has 0 aliphatic rings. The van der Waals surface area contributed by atoms with Gasteiger partial charge in [0.1, 0.15) is 5.75 Å². The number of carbonyl (C=O) groups is 1. The molecule has 2 N–H and O–H groups in total. The lowest BCUT2D eigenvalue weighted by atomic mass is 10.2. The van der Waals surface area contributed by atoms with Gasteiger partial charge in [0.2, 0.25) is 0 Å². The lowest BCUT2D eigenvalue weighted by Gasteiger charge is -2.14. The first-order valence-corrected chi connectivity index (χ1v) is 8.89. The number of ether oxygens (including phenoxy) is 1. The maximum Gasteiger partial charge on any atom is 0.258 e. The zero-order valence-corrected chi connectivity index (χ0v) is 16.1. The topological polar surface area (TPSA) is 50.4 Å². The van der Waals surface area contributed by atoms with E-state index >= 15 is 0 Å². The van der Waals surface area contributed by atoms with Gasteiger partial charge in [0, 0.05) is 10.7 Å². The zero-order chi connectivity index (χ0) is 18.4. The molecule has 2 aromatic rings. The quantitative estimate of drug-likeness (QED) is 0.673. The van der Waals surface area contributed by atoms with Gasteiger partial charge in [0.15, 0.2) is 5.11 Å². The molecule has 132 valence electrons. The maximum absolute atomic E-state index is 12.2. The molecule has 2 rings (SSSR count). The molecule has 1 amide bonds. The van der Waals surface area contributed by atoms with Crippen molar-refractivity contribution in [3.05, 3.63) is 58.1 Å². The van der Waals surface area contributed by atoms with Crippen LogP contribution in [0.4, 0.5) is 5.69 Å². The summed E-state index contributed by atoms with van der Waals surface area (Å²) in [5.74, 6) is 0.374. The van der Waals surface area contributed by atoms with Gasteiger partial charge in [0.25, 0.3) is 5.91 Å². The van der Waals surface area contributed by atoms with E-state index in [1.807, 2.05) is 31.2 Å². The van der Waals surface area contributed by atoms with Crippen molar-refractivity contribution in [2.24, 2.45) is 0 Å². The molecule has 0 radical (unpaired) electrons. The first-order valence-electron chi connectivity index (χ1n) is 7.73. The molecule has 0 saturated heterocycles. The highest BCUT2D eigenvalue weighted by Crippen LogP contribution is 2.21. The average Bonchev–Trinajstić information content (AvgIpc) is 2.56. The van der Waals surface area contributed by atoms with Crippen molar-refractivity contribution in [2.45, 2.75) is 26.4 Å². The number of amides is 1. The minimum absolute atomic E-state index is 0.156. The van der Waals surface area contributed by atoms with Crippen LogP contribution in [0.5, 0.6) is 5.75 Å². The number of carbonyl (C=O) groups excluding carboxylic acids is 1. The lowest BCUT2D eigenvalue weighted by molar-refractivity contribution is 0.0978. The molecule has 25 heavy (non-hydrogen) atoms. The summed E-state index contributed by atoms with van der Waals surface area (Å²) in [7, 11) is 0. The Bertz CT molecular complexity index is 766. The molecule has 0 aliphatic heterocycles. The van der Waals surface area contributed by atoms with Crippen LogP contribution < -0.4 is 15.4 Å². The SMILES string of the molecule is CCC(C)Oc1ccc(NC(=S)NC(=O)c2ccc(Cl)cc2Cl)cc1. The van der Waals surface area contributed by atoms with Gasteiger partial charge >= 0.3 is 0 Å². The highest BCUT2D eigenvalue weighted by molar-refractivity contribution is 7.80. The number of halogens is 2. The Balaban J connectivity index is 1.94. The van der Waals surface area contributed by atoms with Gasteiger partial charge in [-0.05, 0) is 68.0 Å². The van der Waals surface area contributed by atoms with E-state index in [-0.39, 0.29) is 16.2 Å². The second-order valence-electron chi connectivity index (χ2n) is 5.39. The minimum atomic E-state index is -0.407. The number of benzene rings is 2. The van der Waals surface area contributed by atoms with Crippen LogP contribution in [0.2, 0.25) is 10.0 Å². The fourth-order valence-corrected chi connectivity index (χ4v) is 2.64. The largest absolute Gasteiger partial charge is 0.491 e. The molecule has 0 fully saturated rings. The fourth-order valence-electron chi connectivity index (χ4n) is 1.94. The highest BCUT2D eigenvalue weighted by Gasteiger charge is 2.12. The van der Waals surface area contributed by atoms with Crippen LogP contribution in [0.25, 0.3) is 0 Å². The van der Waals surface area contributed by atoms with Crippen molar-refractivity contribution in [3.8, 4) is 5.75 Å². The van der Waals surface area contributed by atoms with Crippen molar-refractivity contribution in [1.82, 2.24) is 5.32 Å². The molecular formula is C18H18Cl2N2O2S. The molecule has 0 spiro atoms. The predicted octanol–water partition coefficient (Wildman–Crippen LogP) is 5.30. The van der Waals surface area contributed by atoms with Gasteiger partial charge in [-0.25, -0.2) is 0 Å². The molecule has 0 aliphatic carbocycles. The molecule has 7 heteroatoms.